The fraction of sp³-hybridized carbons (Fsp3) is 0.643. The molecule has 1 N–H and O–H groups in total. The van der Waals surface area contributed by atoms with Crippen LogP contribution >= 0.6 is 11.6 Å². The quantitative estimate of drug-likeness (QED) is 0.923. The standard InChI is InChI=1S/C14H19ClN2O2/c15-13-8-17-4-1-11(13)9-18-12-7-14(19-10-12)2-5-16-6-3-14/h1,4,8,12,16H,2-3,5-7,9-10H2. The second-order valence-corrected chi connectivity index (χ2v) is 5.76. The average Bonchev–Trinajstić information content (AvgIpc) is 2.82. The smallest absolute Gasteiger partial charge is 0.0840 e. The number of aromatic nitrogens is 1. The lowest BCUT2D eigenvalue weighted by Crippen LogP contribution is -2.41. The summed E-state index contributed by atoms with van der Waals surface area (Å²) in [5.41, 5.74) is 1.04. The summed E-state index contributed by atoms with van der Waals surface area (Å²) in [7, 11) is 0. The van der Waals surface area contributed by atoms with Crippen LogP contribution in [0, 0.1) is 0 Å². The van der Waals surface area contributed by atoms with Crippen LogP contribution in [0.5, 0.6) is 0 Å². The van der Waals surface area contributed by atoms with Gasteiger partial charge in [0.05, 0.1) is 29.9 Å². The summed E-state index contributed by atoms with van der Waals surface area (Å²) in [5, 5.41) is 4.04. The Morgan fingerprint density at radius 1 is 1.47 bits per heavy atom. The van der Waals surface area contributed by atoms with Crippen LogP contribution in [0.4, 0.5) is 0 Å². The Kier molecular flexibility index (Phi) is 4.03. The van der Waals surface area contributed by atoms with E-state index in [1.54, 1.807) is 12.4 Å². The summed E-state index contributed by atoms with van der Waals surface area (Å²) in [6, 6.07) is 1.90. The zero-order valence-electron chi connectivity index (χ0n) is 10.9. The van der Waals surface area contributed by atoms with Gasteiger partial charge in [0, 0.05) is 18.8 Å². The van der Waals surface area contributed by atoms with Gasteiger partial charge in [0.25, 0.3) is 0 Å². The van der Waals surface area contributed by atoms with Crippen molar-refractivity contribution in [2.75, 3.05) is 19.7 Å². The lowest BCUT2D eigenvalue weighted by molar-refractivity contribution is -0.0240. The molecule has 2 fully saturated rings. The number of ether oxygens (including phenoxy) is 2. The van der Waals surface area contributed by atoms with Crippen molar-refractivity contribution in [2.24, 2.45) is 0 Å². The molecule has 0 saturated carbocycles. The molecule has 1 atom stereocenters. The fourth-order valence-corrected chi connectivity index (χ4v) is 3.04. The Hall–Kier alpha value is -0.680. The number of nitrogens with zero attached hydrogens (tertiary/aromatic N) is 1. The first kappa shape index (κ1) is 13.3. The molecule has 19 heavy (non-hydrogen) atoms. The van der Waals surface area contributed by atoms with Gasteiger partial charge >= 0.3 is 0 Å². The van der Waals surface area contributed by atoms with Crippen molar-refractivity contribution in [3.8, 4) is 0 Å². The van der Waals surface area contributed by atoms with Crippen molar-refractivity contribution in [1.29, 1.82) is 0 Å². The van der Waals surface area contributed by atoms with Crippen LogP contribution in [-0.4, -0.2) is 36.4 Å². The lowest BCUT2D eigenvalue weighted by Gasteiger charge is -2.32. The number of piperidine rings is 1. The summed E-state index contributed by atoms with van der Waals surface area (Å²) in [5.74, 6) is 0. The normalized spacial score (nSPS) is 25.8. The molecule has 0 radical (unpaired) electrons. The van der Waals surface area contributed by atoms with Gasteiger partial charge in [-0.25, -0.2) is 0 Å². The predicted octanol–water partition coefficient (Wildman–Crippen LogP) is 2.16. The summed E-state index contributed by atoms with van der Waals surface area (Å²) >= 11 is 6.07. The van der Waals surface area contributed by atoms with Gasteiger partial charge in [0.1, 0.15) is 0 Å². The molecule has 1 aromatic rings. The molecule has 0 bridgehead atoms. The topological polar surface area (TPSA) is 43.4 Å². The number of rotatable bonds is 3. The van der Waals surface area contributed by atoms with Gasteiger partial charge in [-0.2, -0.15) is 0 Å². The van der Waals surface area contributed by atoms with Crippen LogP contribution in [0.2, 0.25) is 5.02 Å². The molecule has 4 nitrogen and oxygen atoms in total. The number of hydrogen-bond donors (Lipinski definition) is 1. The zero-order valence-corrected chi connectivity index (χ0v) is 11.7. The summed E-state index contributed by atoms with van der Waals surface area (Å²) in [6.45, 7) is 3.32. The molecule has 2 aliphatic heterocycles. The van der Waals surface area contributed by atoms with Crippen molar-refractivity contribution >= 4 is 11.6 Å². The van der Waals surface area contributed by atoms with E-state index in [1.807, 2.05) is 6.07 Å². The largest absolute Gasteiger partial charge is 0.372 e. The van der Waals surface area contributed by atoms with E-state index in [9.17, 15) is 0 Å². The number of nitrogens with one attached hydrogen (secondary N) is 1. The third-order valence-corrected chi connectivity index (χ3v) is 4.36. The molecule has 3 heterocycles. The molecular weight excluding hydrogens is 264 g/mol. The summed E-state index contributed by atoms with van der Waals surface area (Å²) in [6.07, 6.45) is 6.75. The van der Waals surface area contributed by atoms with Crippen LogP contribution in [0.25, 0.3) is 0 Å². The van der Waals surface area contributed by atoms with E-state index in [2.05, 4.69) is 10.3 Å². The third-order valence-electron chi connectivity index (χ3n) is 4.02. The number of halogens is 1. The maximum absolute atomic E-state index is 6.07. The minimum atomic E-state index is 0.0535. The summed E-state index contributed by atoms with van der Waals surface area (Å²) < 4.78 is 11.9. The molecule has 1 aromatic heterocycles. The highest BCUT2D eigenvalue weighted by Crippen LogP contribution is 2.35. The van der Waals surface area contributed by atoms with Gasteiger partial charge in [-0.1, -0.05) is 11.6 Å². The first-order valence-corrected chi connectivity index (χ1v) is 7.20. The van der Waals surface area contributed by atoms with Crippen molar-refractivity contribution in [3.05, 3.63) is 29.0 Å². The molecular formula is C14H19ClN2O2. The predicted molar refractivity (Wildman–Crippen MR) is 73.2 cm³/mol. The maximum atomic E-state index is 6.07. The van der Waals surface area contributed by atoms with Crippen LogP contribution in [0.15, 0.2) is 18.5 Å². The van der Waals surface area contributed by atoms with Gasteiger partial charge in [0.15, 0.2) is 0 Å². The average molecular weight is 283 g/mol. The molecule has 0 aromatic carbocycles. The van der Waals surface area contributed by atoms with Gasteiger partial charge < -0.3 is 14.8 Å². The van der Waals surface area contributed by atoms with Gasteiger partial charge in [-0.3, -0.25) is 4.98 Å². The number of hydrogen-bond acceptors (Lipinski definition) is 4. The van der Waals surface area contributed by atoms with E-state index in [-0.39, 0.29) is 11.7 Å². The Morgan fingerprint density at radius 3 is 3.11 bits per heavy atom. The van der Waals surface area contributed by atoms with Gasteiger partial charge in [-0.15, -0.1) is 0 Å². The van der Waals surface area contributed by atoms with E-state index < -0.39 is 0 Å². The molecule has 0 aliphatic carbocycles. The highest BCUT2D eigenvalue weighted by molar-refractivity contribution is 6.31. The maximum Gasteiger partial charge on any atom is 0.0840 e. The molecule has 5 heteroatoms. The minimum absolute atomic E-state index is 0.0535. The summed E-state index contributed by atoms with van der Waals surface area (Å²) in [4.78, 5) is 3.97. The first-order valence-electron chi connectivity index (χ1n) is 6.82. The molecule has 104 valence electrons. The minimum Gasteiger partial charge on any atom is -0.372 e. The third kappa shape index (κ3) is 3.08. The second kappa shape index (κ2) is 5.75. The van der Waals surface area contributed by atoms with Gasteiger partial charge in [0.2, 0.25) is 0 Å². The molecule has 2 saturated heterocycles. The van der Waals surface area contributed by atoms with E-state index in [1.165, 1.54) is 0 Å². The highest BCUT2D eigenvalue weighted by Gasteiger charge is 2.41. The molecule has 2 aliphatic rings. The van der Waals surface area contributed by atoms with Crippen molar-refractivity contribution in [2.45, 2.75) is 37.6 Å². The molecule has 0 amide bonds. The van der Waals surface area contributed by atoms with E-state index >= 15 is 0 Å². The van der Waals surface area contributed by atoms with Crippen LogP contribution in [-0.2, 0) is 16.1 Å². The molecule has 3 rings (SSSR count). The fourth-order valence-electron chi connectivity index (χ4n) is 2.87. The van der Waals surface area contributed by atoms with Crippen molar-refractivity contribution < 1.29 is 9.47 Å². The first-order chi connectivity index (χ1) is 9.27. The zero-order chi connectivity index (χ0) is 13.1. The second-order valence-electron chi connectivity index (χ2n) is 5.35. The lowest BCUT2D eigenvalue weighted by atomic mass is 9.89. The Bertz CT molecular complexity index is 435. The Balaban J connectivity index is 1.53. The Labute approximate surface area is 118 Å². The van der Waals surface area contributed by atoms with E-state index in [0.29, 0.717) is 18.2 Å². The number of pyridine rings is 1. The van der Waals surface area contributed by atoms with E-state index in [4.69, 9.17) is 21.1 Å². The molecule has 1 unspecified atom stereocenters. The monoisotopic (exact) mass is 282 g/mol. The Morgan fingerprint density at radius 2 is 2.32 bits per heavy atom. The van der Waals surface area contributed by atoms with Crippen molar-refractivity contribution in [3.63, 3.8) is 0 Å². The van der Waals surface area contributed by atoms with Crippen LogP contribution in [0.3, 0.4) is 0 Å². The van der Waals surface area contributed by atoms with E-state index in [0.717, 1.165) is 37.9 Å². The van der Waals surface area contributed by atoms with Crippen LogP contribution in [0.1, 0.15) is 24.8 Å². The van der Waals surface area contributed by atoms with Crippen molar-refractivity contribution in [1.82, 2.24) is 10.3 Å². The molecule has 1 spiro atoms. The highest BCUT2D eigenvalue weighted by atomic mass is 35.5. The SMILES string of the molecule is Clc1cnccc1COC1COC2(CCNCC2)C1. The van der Waals surface area contributed by atoms with Crippen LogP contribution < -0.4 is 5.32 Å². The van der Waals surface area contributed by atoms with Gasteiger partial charge in [-0.05, 0) is 37.6 Å².